The average Bonchev–Trinajstić information content (AvgIpc) is 2.24. The molecule has 0 amide bonds. The minimum absolute atomic E-state index is 0.252. The summed E-state index contributed by atoms with van der Waals surface area (Å²) in [6.45, 7) is 9.05. The Hall–Kier alpha value is -0.430. The Kier molecular flexibility index (Phi) is 4.91. The van der Waals surface area contributed by atoms with Crippen molar-refractivity contribution in [3.8, 4) is 0 Å². The molecule has 0 atom stereocenters. The second kappa shape index (κ2) is 5.77. The van der Waals surface area contributed by atoms with Crippen molar-refractivity contribution < 1.29 is 0 Å². The minimum atomic E-state index is 0.252. The number of rotatable bonds is 4. The minimum Gasteiger partial charge on any atom is -0.179 e. The summed E-state index contributed by atoms with van der Waals surface area (Å²) in [5.41, 5.74) is 4.71. The van der Waals surface area contributed by atoms with Gasteiger partial charge in [0.1, 0.15) is 0 Å². The van der Waals surface area contributed by atoms with Gasteiger partial charge in [-0.05, 0) is 47.1 Å². The first-order chi connectivity index (χ1) is 7.49. The van der Waals surface area contributed by atoms with E-state index in [1.54, 1.807) is 0 Å². The van der Waals surface area contributed by atoms with Crippen molar-refractivity contribution in [1.82, 2.24) is 0 Å². The first-order valence-electron chi connectivity index (χ1n) is 6.22. The number of thiol groups is 1. The maximum Gasteiger partial charge on any atom is -0.00947 e. The molecule has 0 aliphatic heterocycles. The van der Waals surface area contributed by atoms with Crippen LogP contribution in [0.1, 0.15) is 50.8 Å². The van der Waals surface area contributed by atoms with Crippen LogP contribution < -0.4 is 0 Å². The molecule has 1 aromatic carbocycles. The molecule has 0 fully saturated rings. The molecule has 0 N–H and O–H groups in total. The lowest BCUT2D eigenvalue weighted by atomic mass is 9.84. The van der Waals surface area contributed by atoms with Crippen LogP contribution in [0.4, 0.5) is 0 Å². The summed E-state index contributed by atoms with van der Waals surface area (Å²) in [5, 5.41) is 0. The molecule has 1 rings (SSSR count). The van der Waals surface area contributed by atoms with Crippen LogP contribution in [0.3, 0.4) is 0 Å². The summed E-state index contributed by atoms with van der Waals surface area (Å²) in [7, 11) is 0. The third kappa shape index (κ3) is 3.55. The van der Waals surface area contributed by atoms with Crippen LogP contribution in [0.2, 0.25) is 0 Å². The van der Waals surface area contributed by atoms with E-state index in [9.17, 15) is 0 Å². The quantitative estimate of drug-likeness (QED) is 0.736. The number of hydrogen-bond acceptors (Lipinski definition) is 1. The van der Waals surface area contributed by atoms with Gasteiger partial charge in [0.05, 0.1) is 0 Å². The Morgan fingerprint density at radius 1 is 1.12 bits per heavy atom. The van der Waals surface area contributed by atoms with Gasteiger partial charge in [-0.15, -0.1) is 0 Å². The molecule has 0 aliphatic rings. The Morgan fingerprint density at radius 2 is 1.81 bits per heavy atom. The lowest BCUT2D eigenvalue weighted by molar-refractivity contribution is 0.588. The highest BCUT2D eigenvalue weighted by Gasteiger charge is 2.14. The third-order valence-corrected chi connectivity index (χ3v) is 3.37. The standard InChI is InChI=1S/C15H24S/c1-5-12-8-9-14(15(2,3)4)11-13(12)7-6-10-16/h8-9,11,16H,5-7,10H2,1-4H3. The van der Waals surface area contributed by atoms with E-state index < -0.39 is 0 Å². The van der Waals surface area contributed by atoms with Gasteiger partial charge in [-0.3, -0.25) is 0 Å². The molecule has 16 heavy (non-hydrogen) atoms. The second-order valence-corrected chi connectivity index (χ2v) is 5.86. The molecular formula is C15H24S. The summed E-state index contributed by atoms with van der Waals surface area (Å²) in [4.78, 5) is 0. The highest BCUT2D eigenvalue weighted by atomic mass is 32.1. The van der Waals surface area contributed by atoms with Gasteiger partial charge in [0.25, 0.3) is 0 Å². The van der Waals surface area contributed by atoms with Gasteiger partial charge in [0.15, 0.2) is 0 Å². The van der Waals surface area contributed by atoms with Crippen LogP contribution in [0.5, 0.6) is 0 Å². The highest BCUT2D eigenvalue weighted by molar-refractivity contribution is 7.80. The zero-order chi connectivity index (χ0) is 12.2. The summed E-state index contributed by atoms with van der Waals surface area (Å²) in [5.74, 6) is 0.975. The Labute approximate surface area is 106 Å². The van der Waals surface area contributed by atoms with Crippen molar-refractivity contribution in [3.05, 3.63) is 34.9 Å². The van der Waals surface area contributed by atoms with E-state index in [2.05, 4.69) is 58.5 Å². The van der Waals surface area contributed by atoms with Crippen LogP contribution in [-0.4, -0.2) is 5.75 Å². The maximum absolute atomic E-state index is 4.30. The molecule has 0 nitrogen and oxygen atoms in total. The average molecular weight is 236 g/mol. The first kappa shape index (κ1) is 13.6. The predicted octanol–water partition coefficient (Wildman–Crippen LogP) is 4.41. The monoisotopic (exact) mass is 236 g/mol. The predicted molar refractivity (Wildman–Crippen MR) is 76.7 cm³/mol. The fourth-order valence-corrected chi connectivity index (χ4v) is 2.10. The molecular weight excluding hydrogens is 212 g/mol. The fraction of sp³-hybridized carbons (Fsp3) is 0.600. The van der Waals surface area contributed by atoms with Crippen molar-refractivity contribution in [1.29, 1.82) is 0 Å². The molecule has 0 radical (unpaired) electrons. The SMILES string of the molecule is CCc1ccc(C(C)(C)C)cc1CCCS. The molecule has 0 heterocycles. The van der Waals surface area contributed by atoms with Gasteiger partial charge < -0.3 is 0 Å². The van der Waals surface area contributed by atoms with E-state index in [0.717, 1.165) is 18.6 Å². The molecule has 0 spiro atoms. The molecule has 1 aromatic rings. The summed E-state index contributed by atoms with van der Waals surface area (Å²) >= 11 is 4.30. The zero-order valence-corrected chi connectivity index (χ0v) is 11.9. The van der Waals surface area contributed by atoms with Crippen LogP contribution >= 0.6 is 12.6 Å². The smallest absolute Gasteiger partial charge is 0.00947 e. The van der Waals surface area contributed by atoms with Crippen molar-refractivity contribution in [3.63, 3.8) is 0 Å². The molecule has 0 bridgehead atoms. The lowest BCUT2D eigenvalue weighted by Crippen LogP contribution is -2.12. The maximum atomic E-state index is 4.30. The van der Waals surface area contributed by atoms with E-state index >= 15 is 0 Å². The summed E-state index contributed by atoms with van der Waals surface area (Å²) in [6.07, 6.45) is 3.46. The van der Waals surface area contributed by atoms with E-state index in [4.69, 9.17) is 0 Å². The van der Waals surface area contributed by atoms with Crippen LogP contribution in [0, 0.1) is 0 Å². The van der Waals surface area contributed by atoms with Gasteiger partial charge in [-0.2, -0.15) is 12.6 Å². The first-order valence-corrected chi connectivity index (χ1v) is 6.85. The number of aryl methyl sites for hydroxylation is 2. The van der Waals surface area contributed by atoms with E-state index in [0.29, 0.717) is 0 Å². The van der Waals surface area contributed by atoms with E-state index in [-0.39, 0.29) is 5.41 Å². The molecule has 0 aromatic heterocycles. The van der Waals surface area contributed by atoms with E-state index in [1.165, 1.54) is 23.1 Å². The molecule has 0 unspecified atom stereocenters. The van der Waals surface area contributed by atoms with Gasteiger partial charge in [-0.1, -0.05) is 45.9 Å². The van der Waals surface area contributed by atoms with Gasteiger partial charge in [-0.25, -0.2) is 0 Å². The highest BCUT2D eigenvalue weighted by Crippen LogP contribution is 2.25. The van der Waals surface area contributed by atoms with Crippen molar-refractivity contribution >= 4 is 12.6 Å². The third-order valence-electron chi connectivity index (χ3n) is 3.06. The molecule has 90 valence electrons. The fourth-order valence-electron chi connectivity index (χ4n) is 1.94. The summed E-state index contributed by atoms with van der Waals surface area (Å²) in [6, 6.07) is 6.97. The molecule has 0 saturated carbocycles. The van der Waals surface area contributed by atoms with Crippen molar-refractivity contribution in [2.24, 2.45) is 0 Å². The number of hydrogen-bond donors (Lipinski definition) is 1. The largest absolute Gasteiger partial charge is 0.179 e. The van der Waals surface area contributed by atoms with Crippen LogP contribution in [0.25, 0.3) is 0 Å². The lowest BCUT2D eigenvalue weighted by Gasteiger charge is -2.21. The molecule has 1 heteroatoms. The molecule has 0 aliphatic carbocycles. The van der Waals surface area contributed by atoms with Gasteiger partial charge in [0, 0.05) is 0 Å². The molecule has 0 saturated heterocycles. The Balaban J connectivity index is 3.01. The van der Waals surface area contributed by atoms with Gasteiger partial charge in [0.2, 0.25) is 0 Å². The normalized spacial score (nSPS) is 11.8. The van der Waals surface area contributed by atoms with Crippen molar-refractivity contribution in [2.45, 2.75) is 52.4 Å². The topological polar surface area (TPSA) is 0 Å². The van der Waals surface area contributed by atoms with Gasteiger partial charge >= 0.3 is 0 Å². The van der Waals surface area contributed by atoms with Crippen LogP contribution in [-0.2, 0) is 18.3 Å². The second-order valence-electron chi connectivity index (χ2n) is 5.41. The Bertz CT molecular complexity index is 334. The summed E-state index contributed by atoms with van der Waals surface area (Å²) < 4.78 is 0. The van der Waals surface area contributed by atoms with Crippen molar-refractivity contribution in [2.75, 3.05) is 5.75 Å². The van der Waals surface area contributed by atoms with Crippen LogP contribution in [0.15, 0.2) is 18.2 Å². The van der Waals surface area contributed by atoms with E-state index in [1.807, 2.05) is 0 Å². The number of benzene rings is 1. The Morgan fingerprint density at radius 3 is 2.31 bits per heavy atom. The zero-order valence-electron chi connectivity index (χ0n) is 11.0.